The second-order valence-electron chi connectivity index (χ2n) is 9.04. The van der Waals surface area contributed by atoms with Gasteiger partial charge in [-0.15, -0.1) is 0 Å². The summed E-state index contributed by atoms with van der Waals surface area (Å²) < 4.78 is 0. The van der Waals surface area contributed by atoms with E-state index in [1.165, 1.54) is 0 Å². The molecule has 28 heavy (non-hydrogen) atoms. The lowest BCUT2D eigenvalue weighted by Gasteiger charge is -2.31. The summed E-state index contributed by atoms with van der Waals surface area (Å²) in [6.07, 6.45) is 6.76. The van der Waals surface area contributed by atoms with E-state index < -0.39 is 0 Å². The number of nitrogens with two attached hydrogens (primary N) is 2. The molecule has 146 valence electrons. The van der Waals surface area contributed by atoms with Crippen LogP contribution in [0.5, 0.6) is 0 Å². The maximum Gasteiger partial charge on any atom is 0.185 e. The molecular weight excluding hydrogens is 344 g/mol. The Hall–Kier alpha value is -2.81. The second kappa shape index (κ2) is 8.05. The molecule has 0 bridgehead atoms. The van der Waals surface area contributed by atoms with Gasteiger partial charge >= 0.3 is 0 Å². The molecule has 0 heterocycles. The van der Waals surface area contributed by atoms with Crippen molar-refractivity contribution in [3.63, 3.8) is 0 Å². The van der Waals surface area contributed by atoms with Gasteiger partial charge in [-0.1, -0.05) is 45.0 Å². The van der Waals surface area contributed by atoms with Gasteiger partial charge in [-0.25, -0.2) is 0 Å². The highest BCUT2D eigenvalue weighted by Crippen LogP contribution is 2.38. The summed E-state index contributed by atoms with van der Waals surface area (Å²) in [5, 5.41) is 0. The van der Waals surface area contributed by atoms with Crippen molar-refractivity contribution in [3.8, 4) is 0 Å². The molecule has 1 atom stereocenters. The third-order valence-corrected chi connectivity index (χ3v) is 5.06. The van der Waals surface area contributed by atoms with Crippen LogP contribution in [0, 0.1) is 11.3 Å². The van der Waals surface area contributed by atoms with E-state index in [4.69, 9.17) is 11.5 Å². The quantitative estimate of drug-likeness (QED) is 0.532. The molecule has 3 nitrogen and oxygen atoms in total. The van der Waals surface area contributed by atoms with Crippen molar-refractivity contribution >= 4 is 29.3 Å². The first-order valence-electron chi connectivity index (χ1n) is 9.86. The zero-order valence-electron chi connectivity index (χ0n) is 17.0. The summed E-state index contributed by atoms with van der Waals surface area (Å²) >= 11 is 0. The lowest BCUT2D eigenvalue weighted by Crippen LogP contribution is -2.23. The number of hydrogen-bond acceptors (Lipinski definition) is 3. The maximum atomic E-state index is 13.2. The highest BCUT2D eigenvalue weighted by Gasteiger charge is 2.30. The van der Waals surface area contributed by atoms with Crippen LogP contribution >= 0.6 is 0 Å². The molecule has 1 aliphatic rings. The van der Waals surface area contributed by atoms with Crippen LogP contribution in [0.25, 0.3) is 12.2 Å². The van der Waals surface area contributed by atoms with Gasteiger partial charge in [-0.05, 0) is 78.1 Å². The van der Waals surface area contributed by atoms with Crippen molar-refractivity contribution in [3.05, 3.63) is 70.8 Å². The van der Waals surface area contributed by atoms with Gasteiger partial charge in [-0.2, -0.15) is 0 Å². The van der Waals surface area contributed by atoms with Crippen molar-refractivity contribution in [2.75, 3.05) is 11.5 Å². The lowest BCUT2D eigenvalue weighted by molar-refractivity contribution is -0.113. The van der Waals surface area contributed by atoms with Crippen LogP contribution in [-0.4, -0.2) is 5.78 Å². The summed E-state index contributed by atoms with van der Waals surface area (Å²) in [6, 6.07) is 15.3. The fourth-order valence-corrected chi connectivity index (χ4v) is 3.93. The van der Waals surface area contributed by atoms with Crippen LogP contribution in [0.1, 0.15) is 51.2 Å². The summed E-state index contributed by atoms with van der Waals surface area (Å²) in [4.78, 5) is 13.2. The summed E-state index contributed by atoms with van der Waals surface area (Å²) in [5.41, 5.74) is 17.1. The smallest absolute Gasteiger partial charge is 0.185 e. The van der Waals surface area contributed by atoms with Gasteiger partial charge in [0.1, 0.15) is 0 Å². The summed E-state index contributed by atoms with van der Waals surface area (Å²) in [5.74, 6) is 0.608. The number of anilines is 2. The van der Waals surface area contributed by atoms with E-state index in [0.717, 1.165) is 52.9 Å². The van der Waals surface area contributed by atoms with E-state index in [-0.39, 0.29) is 11.2 Å². The van der Waals surface area contributed by atoms with Gasteiger partial charge in [0, 0.05) is 22.5 Å². The first-order chi connectivity index (χ1) is 13.2. The average molecular weight is 375 g/mol. The number of Topliss-reactive ketones (excluding diaryl/α,β-unsaturated/α-hetero) is 1. The Morgan fingerprint density at radius 2 is 1.21 bits per heavy atom. The zero-order chi connectivity index (χ0) is 20.3. The second-order valence-corrected chi connectivity index (χ2v) is 9.04. The fourth-order valence-electron chi connectivity index (χ4n) is 3.93. The van der Waals surface area contributed by atoms with E-state index >= 15 is 0 Å². The SMILES string of the molecule is CC(C)(C)CC1C/C(=C/c2ccc(N)cc2)C(=O)/C(=C/c2ccc(N)cc2)C1. The first-order valence-corrected chi connectivity index (χ1v) is 9.86. The Morgan fingerprint density at radius 3 is 1.57 bits per heavy atom. The van der Waals surface area contributed by atoms with Gasteiger partial charge in [0.25, 0.3) is 0 Å². The van der Waals surface area contributed by atoms with Gasteiger partial charge < -0.3 is 11.5 Å². The standard InChI is InChI=1S/C25H30N2O/c1-25(2,3)16-19-14-20(12-17-4-8-22(26)9-5-17)24(28)21(15-19)13-18-6-10-23(27)11-7-18/h4-13,19H,14-16,26-27H2,1-3H3/b20-12-,21-13+. The van der Waals surface area contributed by atoms with E-state index in [0.29, 0.717) is 5.92 Å². The van der Waals surface area contributed by atoms with Gasteiger partial charge in [-0.3, -0.25) is 4.79 Å². The average Bonchev–Trinajstić information content (AvgIpc) is 2.61. The van der Waals surface area contributed by atoms with E-state index in [1.807, 2.05) is 60.7 Å². The number of allylic oxidation sites excluding steroid dienone is 2. The third kappa shape index (κ3) is 5.35. The Balaban J connectivity index is 1.95. The number of rotatable bonds is 3. The predicted molar refractivity (Wildman–Crippen MR) is 119 cm³/mol. The molecule has 0 radical (unpaired) electrons. The van der Waals surface area contributed by atoms with Crippen molar-refractivity contribution in [2.24, 2.45) is 11.3 Å². The molecule has 1 saturated carbocycles. The van der Waals surface area contributed by atoms with Crippen molar-refractivity contribution in [1.29, 1.82) is 0 Å². The number of hydrogen-bond donors (Lipinski definition) is 2. The minimum absolute atomic E-state index is 0.152. The highest BCUT2D eigenvalue weighted by molar-refractivity contribution is 6.14. The molecule has 1 fully saturated rings. The van der Waals surface area contributed by atoms with Crippen LogP contribution in [0.15, 0.2) is 59.7 Å². The molecule has 0 aromatic heterocycles. The Kier molecular flexibility index (Phi) is 5.73. The molecule has 0 amide bonds. The van der Waals surface area contributed by atoms with E-state index in [2.05, 4.69) is 20.8 Å². The lowest BCUT2D eigenvalue weighted by atomic mass is 9.73. The molecule has 4 N–H and O–H groups in total. The highest BCUT2D eigenvalue weighted by atomic mass is 16.1. The van der Waals surface area contributed by atoms with Crippen molar-refractivity contribution in [1.82, 2.24) is 0 Å². The maximum absolute atomic E-state index is 13.2. The van der Waals surface area contributed by atoms with Crippen LogP contribution in [-0.2, 0) is 4.79 Å². The molecule has 0 spiro atoms. The topological polar surface area (TPSA) is 69.1 Å². The molecule has 1 unspecified atom stereocenters. The number of ketones is 1. The first kappa shape index (κ1) is 19.9. The molecule has 2 aromatic rings. The number of carbonyl (C=O) groups excluding carboxylic acids is 1. The Labute approximate surface area is 168 Å². The van der Waals surface area contributed by atoms with Crippen molar-refractivity contribution in [2.45, 2.75) is 40.0 Å². The molecular formula is C25H30N2O. The van der Waals surface area contributed by atoms with Crippen LogP contribution in [0.3, 0.4) is 0 Å². The van der Waals surface area contributed by atoms with Crippen LogP contribution in [0.4, 0.5) is 11.4 Å². The molecule has 3 heteroatoms. The summed E-state index contributed by atoms with van der Waals surface area (Å²) in [6.45, 7) is 6.78. The zero-order valence-corrected chi connectivity index (χ0v) is 17.0. The fraction of sp³-hybridized carbons (Fsp3) is 0.320. The minimum atomic E-state index is 0.152. The normalized spacial score (nSPS) is 20.7. The molecule has 1 aliphatic carbocycles. The number of nitrogen functional groups attached to an aromatic ring is 2. The van der Waals surface area contributed by atoms with Crippen LogP contribution in [0.2, 0.25) is 0 Å². The molecule has 0 saturated heterocycles. The molecule has 3 rings (SSSR count). The predicted octanol–water partition coefficient (Wildman–Crippen LogP) is 5.73. The Morgan fingerprint density at radius 1 is 0.821 bits per heavy atom. The summed E-state index contributed by atoms with van der Waals surface area (Å²) in [7, 11) is 0. The largest absolute Gasteiger partial charge is 0.399 e. The molecule has 2 aromatic carbocycles. The number of benzene rings is 2. The van der Waals surface area contributed by atoms with Crippen LogP contribution < -0.4 is 11.5 Å². The monoisotopic (exact) mass is 374 g/mol. The van der Waals surface area contributed by atoms with Gasteiger partial charge in [0.15, 0.2) is 5.78 Å². The molecule has 0 aliphatic heterocycles. The van der Waals surface area contributed by atoms with Gasteiger partial charge in [0.2, 0.25) is 0 Å². The van der Waals surface area contributed by atoms with Gasteiger partial charge in [0.05, 0.1) is 0 Å². The third-order valence-electron chi connectivity index (χ3n) is 5.06. The Bertz CT molecular complexity index is 830. The van der Waals surface area contributed by atoms with E-state index in [9.17, 15) is 4.79 Å². The minimum Gasteiger partial charge on any atom is -0.399 e. The van der Waals surface area contributed by atoms with E-state index in [1.54, 1.807) is 0 Å². The van der Waals surface area contributed by atoms with Crippen molar-refractivity contribution < 1.29 is 4.79 Å². The number of carbonyl (C=O) groups is 1.